The summed E-state index contributed by atoms with van der Waals surface area (Å²) in [5, 5.41) is 11.8. The van der Waals surface area contributed by atoms with Crippen LogP contribution in [0.5, 0.6) is 0 Å². The van der Waals surface area contributed by atoms with Crippen molar-refractivity contribution in [2.45, 2.75) is 24.5 Å². The first kappa shape index (κ1) is 12.9. The number of likely N-dealkylation sites (N-methyl/N-ethyl adjacent to an activating group) is 1. The molecule has 1 fully saturated rings. The highest BCUT2D eigenvalue weighted by atomic mass is 19.1. The number of aromatic nitrogens is 2. The SMILES string of the molecule is CN[C@H]1[C@H](F)C(n2ccc(=O)[nH]c2=O)O[C@@H]1CO. The van der Waals surface area contributed by atoms with Crippen molar-refractivity contribution in [3.63, 3.8) is 0 Å². The van der Waals surface area contributed by atoms with Crippen LogP contribution in [-0.2, 0) is 4.74 Å². The van der Waals surface area contributed by atoms with Gasteiger partial charge in [0, 0.05) is 12.3 Å². The number of hydrogen-bond donors (Lipinski definition) is 3. The number of ether oxygens (including phenoxy) is 1. The summed E-state index contributed by atoms with van der Waals surface area (Å²) in [4.78, 5) is 24.5. The normalized spacial score (nSPS) is 31.7. The fraction of sp³-hybridized carbons (Fsp3) is 0.600. The first-order valence-electron chi connectivity index (χ1n) is 5.47. The third kappa shape index (κ3) is 2.09. The number of rotatable bonds is 3. The number of H-pyrrole nitrogens is 1. The number of aliphatic hydroxyl groups excluding tert-OH is 1. The Morgan fingerprint density at radius 1 is 1.61 bits per heavy atom. The van der Waals surface area contributed by atoms with Gasteiger partial charge >= 0.3 is 5.69 Å². The van der Waals surface area contributed by atoms with Crippen LogP contribution in [0, 0.1) is 0 Å². The minimum absolute atomic E-state index is 0.361. The quantitative estimate of drug-likeness (QED) is 0.604. The van der Waals surface area contributed by atoms with E-state index in [1.54, 1.807) is 7.05 Å². The summed E-state index contributed by atoms with van der Waals surface area (Å²) in [5.41, 5.74) is -1.31. The average Bonchev–Trinajstić information content (AvgIpc) is 2.66. The van der Waals surface area contributed by atoms with Crippen molar-refractivity contribution in [1.82, 2.24) is 14.9 Å². The van der Waals surface area contributed by atoms with E-state index in [-0.39, 0.29) is 6.61 Å². The molecular formula is C10H14FN3O4. The van der Waals surface area contributed by atoms with E-state index in [0.29, 0.717) is 0 Å². The van der Waals surface area contributed by atoms with E-state index in [1.807, 2.05) is 4.98 Å². The molecule has 1 saturated heterocycles. The van der Waals surface area contributed by atoms with Crippen molar-refractivity contribution >= 4 is 0 Å². The predicted octanol–water partition coefficient (Wildman–Crippen LogP) is -1.65. The summed E-state index contributed by atoms with van der Waals surface area (Å²) < 4.78 is 20.4. The molecular weight excluding hydrogens is 245 g/mol. The molecule has 0 bridgehead atoms. The van der Waals surface area contributed by atoms with E-state index >= 15 is 0 Å². The van der Waals surface area contributed by atoms with Crippen LogP contribution in [0.3, 0.4) is 0 Å². The van der Waals surface area contributed by atoms with Crippen LogP contribution in [0.4, 0.5) is 4.39 Å². The topological polar surface area (TPSA) is 96.4 Å². The largest absolute Gasteiger partial charge is 0.394 e. The number of aliphatic hydroxyl groups is 1. The molecule has 0 aliphatic carbocycles. The Morgan fingerprint density at radius 3 is 2.83 bits per heavy atom. The molecule has 7 nitrogen and oxygen atoms in total. The highest BCUT2D eigenvalue weighted by Gasteiger charge is 2.45. The van der Waals surface area contributed by atoms with Gasteiger partial charge in [-0.1, -0.05) is 0 Å². The Labute approximate surface area is 101 Å². The Kier molecular flexibility index (Phi) is 3.60. The third-order valence-corrected chi connectivity index (χ3v) is 2.97. The van der Waals surface area contributed by atoms with Crippen molar-refractivity contribution in [2.24, 2.45) is 0 Å². The second-order valence-electron chi connectivity index (χ2n) is 4.02. The second kappa shape index (κ2) is 5.01. The molecule has 0 radical (unpaired) electrons. The van der Waals surface area contributed by atoms with Gasteiger partial charge in [0.05, 0.1) is 12.6 Å². The summed E-state index contributed by atoms with van der Waals surface area (Å²) in [5.74, 6) is 0. The van der Waals surface area contributed by atoms with E-state index in [4.69, 9.17) is 9.84 Å². The molecule has 2 heterocycles. The van der Waals surface area contributed by atoms with Crippen molar-refractivity contribution in [3.05, 3.63) is 33.1 Å². The maximum atomic E-state index is 14.1. The number of aromatic amines is 1. The van der Waals surface area contributed by atoms with Gasteiger partial charge in [-0.15, -0.1) is 0 Å². The maximum Gasteiger partial charge on any atom is 0.330 e. The lowest BCUT2D eigenvalue weighted by molar-refractivity contribution is -0.0408. The van der Waals surface area contributed by atoms with Gasteiger partial charge in [-0.25, -0.2) is 9.18 Å². The lowest BCUT2D eigenvalue weighted by atomic mass is 10.1. The summed E-state index contributed by atoms with van der Waals surface area (Å²) in [6.07, 6.45) is -2.24. The van der Waals surface area contributed by atoms with Crippen LogP contribution in [0.25, 0.3) is 0 Å². The van der Waals surface area contributed by atoms with Crippen molar-refractivity contribution < 1.29 is 14.2 Å². The molecule has 1 aliphatic heterocycles. The van der Waals surface area contributed by atoms with Crippen molar-refractivity contribution in [3.8, 4) is 0 Å². The number of nitrogens with zero attached hydrogens (tertiary/aromatic N) is 1. The van der Waals surface area contributed by atoms with E-state index in [2.05, 4.69) is 5.32 Å². The van der Waals surface area contributed by atoms with Gasteiger partial charge < -0.3 is 15.2 Å². The Hall–Kier alpha value is -1.51. The van der Waals surface area contributed by atoms with E-state index in [1.165, 1.54) is 6.20 Å². The van der Waals surface area contributed by atoms with Crippen LogP contribution < -0.4 is 16.6 Å². The highest BCUT2D eigenvalue weighted by Crippen LogP contribution is 2.30. The maximum absolute atomic E-state index is 14.1. The Morgan fingerprint density at radius 2 is 2.33 bits per heavy atom. The minimum atomic E-state index is -1.50. The van der Waals surface area contributed by atoms with Crippen LogP contribution in [0.1, 0.15) is 6.23 Å². The molecule has 0 aromatic carbocycles. The monoisotopic (exact) mass is 259 g/mol. The molecule has 1 aliphatic rings. The summed E-state index contributed by atoms with van der Waals surface area (Å²) in [7, 11) is 1.54. The zero-order valence-electron chi connectivity index (χ0n) is 9.67. The van der Waals surface area contributed by atoms with Crippen LogP contribution in [0.2, 0.25) is 0 Å². The first-order chi connectivity index (χ1) is 8.58. The standard InChI is InChI=1S/C10H14FN3O4/c1-12-8-5(4-15)18-9(7(8)11)14-3-2-6(16)13-10(14)17/h2-3,5,7-9,12,15H,4H2,1H3,(H,13,16,17)/t5-,7+,8-,9?/m1/s1. The molecule has 1 unspecified atom stereocenters. The smallest absolute Gasteiger partial charge is 0.330 e. The van der Waals surface area contributed by atoms with E-state index < -0.39 is 35.8 Å². The van der Waals surface area contributed by atoms with Gasteiger partial charge in [0.2, 0.25) is 0 Å². The lowest BCUT2D eigenvalue weighted by Gasteiger charge is -2.16. The zero-order chi connectivity index (χ0) is 13.3. The summed E-state index contributed by atoms with van der Waals surface area (Å²) in [6.45, 7) is -0.361. The van der Waals surface area contributed by atoms with E-state index in [0.717, 1.165) is 10.6 Å². The second-order valence-corrected chi connectivity index (χ2v) is 4.02. The van der Waals surface area contributed by atoms with Crippen LogP contribution in [-0.4, -0.2) is 46.6 Å². The summed E-state index contributed by atoms with van der Waals surface area (Å²) in [6, 6.07) is 0.400. The van der Waals surface area contributed by atoms with Gasteiger partial charge in [-0.3, -0.25) is 14.3 Å². The minimum Gasteiger partial charge on any atom is -0.394 e. The van der Waals surface area contributed by atoms with Gasteiger partial charge in [0.15, 0.2) is 12.4 Å². The molecule has 4 atom stereocenters. The average molecular weight is 259 g/mol. The number of nitrogens with one attached hydrogen (secondary N) is 2. The Balaban J connectivity index is 2.34. The molecule has 18 heavy (non-hydrogen) atoms. The van der Waals surface area contributed by atoms with Gasteiger partial charge in [-0.05, 0) is 7.05 Å². The molecule has 8 heteroatoms. The molecule has 1 aromatic rings. The Bertz CT molecular complexity index is 528. The molecule has 3 N–H and O–H groups in total. The highest BCUT2D eigenvalue weighted by molar-refractivity contribution is 4.96. The van der Waals surface area contributed by atoms with Crippen molar-refractivity contribution in [1.29, 1.82) is 0 Å². The van der Waals surface area contributed by atoms with Crippen LogP contribution in [0.15, 0.2) is 21.9 Å². The van der Waals surface area contributed by atoms with Crippen molar-refractivity contribution in [2.75, 3.05) is 13.7 Å². The fourth-order valence-corrected chi connectivity index (χ4v) is 2.07. The first-order valence-corrected chi connectivity index (χ1v) is 5.47. The summed E-state index contributed by atoms with van der Waals surface area (Å²) >= 11 is 0. The lowest BCUT2D eigenvalue weighted by Crippen LogP contribution is -2.42. The van der Waals surface area contributed by atoms with Gasteiger partial charge in [0.25, 0.3) is 5.56 Å². The number of hydrogen-bond acceptors (Lipinski definition) is 5. The predicted molar refractivity (Wildman–Crippen MR) is 60.1 cm³/mol. The molecule has 0 amide bonds. The third-order valence-electron chi connectivity index (χ3n) is 2.97. The molecule has 1 aromatic heterocycles. The van der Waals surface area contributed by atoms with Gasteiger partial charge in [0.1, 0.15) is 6.10 Å². The molecule has 0 spiro atoms. The zero-order valence-corrected chi connectivity index (χ0v) is 9.67. The molecule has 100 valence electrons. The number of alkyl halides is 1. The van der Waals surface area contributed by atoms with Crippen LogP contribution >= 0.6 is 0 Å². The number of halogens is 1. The molecule has 2 rings (SSSR count). The fourth-order valence-electron chi connectivity index (χ4n) is 2.07. The van der Waals surface area contributed by atoms with E-state index in [9.17, 15) is 14.0 Å². The molecule has 0 saturated carbocycles. The van der Waals surface area contributed by atoms with Gasteiger partial charge in [-0.2, -0.15) is 0 Å².